The van der Waals surface area contributed by atoms with Gasteiger partial charge in [0.2, 0.25) is 0 Å². The van der Waals surface area contributed by atoms with Crippen LogP contribution in [-0.2, 0) is 4.74 Å². The van der Waals surface area contributed by atoms with Crippen molar-refractivity contribution in [1.29, 1.82) is 0 Å². The van der Waals surface area contributed by atoms with Crippen molar-refractivity contribution in [2.75, 3.05) is 25.2 Å². The summed E-state index contributed by atoms with van der Waals surface area (Å²) in [6, 6.07) is 0. The normalized spacial score (nSPS) is 18.8. The Morgan fingerprint density at radius 1 is 1.27 bits per heavy atom. The molecule has 0 aromatic carbocycles. The number of hydrogen-bond acceptors (Lipinski definition) is 2. The maximum atomic E-state index is 5.24. The molecule has 2 heteroatoms. The van der Waals surface area contributed by atoms with E-state index < -0.39 is 0 Å². The number of hydrogen-bond donors (Lipinski definition) is 0. The van der Waals surface area contributed by atoms with E-state index in [2.05, 4.69) is 6.26 Å². The molecule has 0 bridgehead atoms. The van der Waals surface area contributed by atoms with Crippen molar-refractivity contribution in [2.24, 2.45) is 5.92 Å². The molecule has 1 heterocycles. The van der Waals surface area contributed by atoms with Crippen molar-refractivity contribution in [2.45, 2.75) is 26.7 Å². The Morgan fingerprint density at radius 3 is 2.27 bits per heavy atom. The van der Waals surface area contributed by atoms with Gasteiger partial charge in [0, 0.05) is 13.2 Å². The second kappa shape index (κ2) is 8.41. The summed E-state index contributed by atoms with van der Waals surface area (Å²) in [4.78, 5) is 0. The zero-order chi connectivity index (χ0) is 8.53. The van der Waals surface area contributed by atoms with E-state index in [1.807, 2.05) is 25.6 Å². The van der Waals surface area contributed by atoms with Gasteiger partial charge >= 0.3 is 0 Å². The van der Waals surface area contributed by atoms with Gasteiger partial charge in [-0.2, -0.15) is 11.8 Å². The minimum absolute atomic E-state index is 0.939. The Balaban J connectivity index is 0.000000461. The molecule has 1 aliphatic heterocycles. The van der Waals surface area contributed by atoms with Crippen molar-refractivity contribution in [3.05, 3.63) is 0 Å². The third-order valence-corrected chi connectivity index (χ3v) is 2.55. The average Bonchev–Trinajstić information content (AvgIpc) is 2.11. The summed E-state index contributed by atoms with van der Waals surface area (Å²) >= 11 is 1.95. The smallest absolute Gasteiger partial charge is 0.0468 e. The van der Waals surface area contributed by atoms with Crippen LogP contribution in [0.5, 0.6) is 0 Å². The monoisotopic (exact) mass is 176 g/mol. The van der Waals surface area contributed by atoms with Crippen molar-refractivity contribution < 1.29 is 4.74 Å². The molecule has 0 aliphatic carbocycles. The van der Waals surface area contributed by atoms with Gasteiger partial charge in [-0.25, -0.2) is 0 Å². The number of rotatable bonds is 2. The first-order chi connectivity index (χ1) is 5.43. The SMILES string of the molecule is CC.CSCC1CCOCC1. The molecule has 1 fully saturated rings. The average molecular weight is 176 g/mol. The molecule has 0 atom stereocenters. The Morgan fingerprint density at radius 2 is 1.82 bits per heavy atom. The minimum atomic E-state index is 0.939. The van der Waals surface area contributed by atoms with Crippen LogP contribution in [-0.4, -0.2) is 25.2 Å². The van der Waals surface area contributed by atoms with E-state index in [1.54, 1.807) is 0 Å². The Labute approximate surface area is 74.9 Å². The molecule has 1 aliphatic rings. The second-order valence-electron chi connectivity index (χ2n) is 2.51. The van der Waals surface area contributed by atoms with Gasteiger partial charge < -0.3 is 4.74 Å². The lowest BCUT2D eigenvalue weighted by Crippen LogP contribution is -2.17. The molecule has 0 saturated carbocycles. The molecule has 0 spiro atoms. The third-order valence-electron chi connectivity index (χ3n) is 1.74. The fourth-order valence-electron chi connectivity index (χ4n) is 1.15. The quantitative estimate of drug-likeness (QED) is 0.640. The van der Waals surface area contributed by atoms with Crippen LogP contribution in [0.15, 0.2) is 0 Å². The van der Waals surface area contributed by atoms with Crippen molar-refractivity contribution in [1.82, 2.24) is 0 Å². The Kier molecular flexibility index (Phi) is 8.64. The van der Waals surface area contributed by atoms with Crippen molar-refractivity contribution >= 4 is 11.8 Å². The summed E-state index contributed by atoms with van der Waals surface area (Å²) in [5.41, 5.74) is 0. The number of ether oxygens (including phenoxy) is 1. The van der Waals surface area contributed by atoms with E-state index in [0.29, 0.717) is 0 Å². The van der Waals surface area contributed by atoms with Gasteiger partial charge in [0.1, 0.15) is 0 Å². The minimum Gasteiger partial charge on any atom is -0.381 e. The van der Waals surface area contributed by atoms with E-state index in [1.165, 1.54) is 18.6 Å². The Bertz CT molecular complexity index is 67.2. The van der Waals surface area contributed by atoms with Crippen LogP contribution >= 0.6 is 11.8 Å². The van der Waals surface area contributed by atoms with E-state index in [0.717, 1.165) is 19.1 Å². The Hall–Kier alpha value is 0.310. The highest BCUT2D eigenvalue weighted by atomic mass is 32.2. The van der Waals surface area contributed by atoms with Gasteiger partial charge in [-0.3, -0.25) is 0 Å². The zero-order valence-electron chi connectivity index (χ0n) is 7.93. The first-order valence-corrected chi connectivity index (χ1v) is 5.89. The fourth-order valence-corrected chi connectivity index (χ4v) is 1.95. The van der Waals surface area contributed by atoms with E-state index in [-0.39, 0.29) is 0 Å². The van der Waals surface area contributed by atoms with E-state index >= 15 is 0 Å². The van der Waals surface area contributed by atoms with Crippen LogP contribution in [0.1, 0.15) is 26.7 Å². The van der Waals surface area contributed by atoms with Crippen LogP contribution in [0.25, 0.3) is 0 Å². The molecule has 0 unspecified atom stereocenters. The summed E-state index contributed by atoms with van der Waals surface area (Å²) in [6.45, 7) is 5.98. The van der Waals surface area contributed by atoms with Crippen LogP contribution in [0.2, 0.25) is 0 Å². The molecule has 11 heavy (non-hydrogen) atoms. The molecule has 1 nitrogen and oxygen atoms in total. The van der Waals surface area contributed by atoms with E-state index in [9.17, 15) is 0 Å². The predicted octanol–water partition coefficient (Wildman–Crippen LogP) is 2.80. The summed E-state index contributed by atoms with van der Waals surface area (Å²) < 4.78 is 5.24. The van der Waals surface area contributed by atoms with Gasteiger partial charge in [-0.15, -0.1) is 0 Å². The molecular formula is C9H20OS. The maximum absolute atomic E-state index is 5.24. The largest absolute Gasteiger partial charge is 0.381 e. The molecule has 1 saturated heterocycles. The van der Waals surface area contributed by atoms with Crippen LogP contribution < -0.4 is 0 Å². The molecule has 0 aromatic heterocycles. The van der Waals surface area contributed by atoms with Gasteiger partial charge in [0.05, 0.1) is 0 Å². The standard InChI is InChI=1S/C7H14OS.C2H6/c1-9-6-7-2-4-8-5-3-7;1-2/h7H,2-6H2,1H3;1-2H3. The predicted molar refractivity (Wildman–Crippen MR) is 53.3 cm³/mol. The fraction of sp³-hybridized carbons (Fsp3) is 1.00. The molecular weight excluding hydrogens is 156 g/mol. The topological polar surface area (TPSA) is 9.23 Å². The molecule has 0 radical (unpaired) electrons. The highest BCUT2D eigenvalue weighted by Crippen LogP contribution is 2.17. The zero-order valence-corrected chi connectivity index (χ0v) is 8.75. The number of thioether (sulfide) groups is 1. The van der Waals surface area contributed by atoms with Crippen LogP contribution in [0.4, 0.5) is 0 Å². The van der Waals surface area contributed by atoms with Crippen LogP contribution in [0, 0.1) is 5.92 Å². The second-order valence-corrected chi connectivity index (χ2v) is 3.42. The summed E-state index contributed by atoms with van der Waals surface area (Å²) in [5, 5.41) is 0. The lowest BCUT2D eigenvalue weighted by molar-refractivity contribution is 0.0728. The molecule has 0 aromatic rings. The summed E-state index contributed by atoms with van der Waals surface area (Å²) in [7, 11) is 0. The van der Waals surface area contributed by atoms with E-state index in [4.69, 9.17) is 4.74 Å². The van der Waals surface area contributed by atoms with Gasteiger partial charge in [0.25, 0.3) is 0 Å². The highest BCUT2D eigenvalue weighted by molar-refractivity contribution is 7.98. The molecule has 0 N–H and O–H groups in total. The van der Waals surface area contributed by atoms with Crippen molar-refractivity contribution in [3.8, 4) is 0 Å². The first kappa shape index (κ1) is 11.3. The molecule has 1 rings (SSSR count). The van der Waals surface area contributed by atoms with Gasteiger partial charge in [-0.05, 0) is 30.8 Å². The van der Waals surface area contributed by atoms with Crippen LogP contribution in [0.3, 0.4) is 0 Å². The van der Waals surface area contributed by atoms with Gasteiger partial charge in [0.15, 0.2) is 0 Å². The summed E-state index contributed by atoms with van der Waals surface area (Å²) in [5.74, 6) is 2.26. The molecule has 68 valence electrons. The third kappa shape index (κ3) is 5.57. The summed E-state index contributed by atoms with van der Waals surface area (Å²) in [6.07, 6.45) is 4.73. The van der Waals surface area contributed by atoms with Crippen molar-refractivity contribution in [3.63, 3.8) is 0 Å². The first-order valence-electron chi connectivity index (χ1n) is 4.50. The highest BCUT2D eigenvalue weighted by Gasteiger charge is 2.11. The lowest BCUT2D eigenvalue weighted by atomic mass is 10.0. The molecule has 0 amide bonds. The lowest BCUT2D eigenvalue weighted by Gasteiger charge is -2.20. The maximum Gasteiger partial charge on any atom is 0.0468 e. The van der Waals surface area contributed by atoms with Gasteiger partial charge in [-0.1, -0.05) is 13.8 Å².